The molecule has 0 amide bonds. The van der Waals surface area contributed by atoms with Crippen LogP contribution in [-0.4, -0.2) is 60.3 Å². The standard InChI is InChI=1S/C17H19N9/c1-12-9-26-13(21-12)3-4-14(22-26)24-5-7-25(8-6-24)17-15-16(18-10-19-17)23(2)11-20-15/h3-4,9-11H,5-8H2,1-2H3. The van der Waals surface area contributed by atoms with Gasteiger partial charge < -0.3 is 14.4 Å². The van der Waals surface area contributed by atoms with Crippen molar-refractivity contribution in [2.24, 2.45) is 7.05 Å². The highest BCUT2D eigenvalue weighted by Gasteiger charge is 2.22. The molecule has 1 fully saturated rings. The van der Waals surface area contributed by atoms with Crippen LogP contribution >= 0.6 is 0 Å². The Hall–Kier alpha value is -3.23. The zero-order valence-corrected chi connectivity index (χ0v) is 14.7. The smallest absolute Gasteiger partial charge is 0.165 e. The van der Waals surface area contributed by atoms with Crippen molar-refractivity contribution in [3.63, 3.8) is 0 Å². The normalized spacial score (nSPS) is 15.3. The number of hydrogen-bond donors (Lipinski definition) is 0. The predicted octanol–water partition coefficient (Wildman–Crippen LogP) is 1.04. The quantitative estimate of drug-likeness (QED) is 0.535. The number of rotatable bonds is 2. The second-order valence-electron chi connectivity index (χ2n) is 6.58. The fourth-order valence-corrected chi connectivity index (χ4v) is 3.47. The second kappa shape index (κ2) is 5.65. The summed E-state index contributed by atoms with van der Waals surface area (Å²) in [5.74, 6) is 1.88. The maximum Gasteiger partial charge on any atom is 0.165 e. The van der Waals surface area contributed by atoms with E-state index in [9.17, 15) is 0 Å². The Morgan fingerprint density at radius 2 is 1.77 bits per heavy atom. The zero-order chi connectivity index (χ0) is 17.7. The Kier molecular flexibility index (Phi) is 3.27. The number of aryl methyl sites for hydroxylation is 2. The molecule has 0 saturated carbocycles. The van der Waals surface area contributed by atoms with E-state index in [-0.39, 0.29) is 0 Å². The molecule has 4 aromatic rings. The zero-order valence-electron chi connectivity index (χ0n) is 14.7. The van der Waals surface area contributed by atoms with Gasteiger partial charge in [0.15, 0.2) is 22.6 Å². The average Bonchev–Trinajstić information content (AvgIpc) is 3.23. The molecule has 0 atom stereocenters. The van der Waals surface area contributed by atoms with E-state index in [1.165, 1.54) is 0 Å². The van der Waals surface area contributed by atoms with E-state index in [0.29, 0.717) is 0 Å². The third-order valence-corrected chi connectivity index (χ3v) is 4.81. The number of piperazine rings is 1. The van der Waals surface area contributed by atoms with E-state index in [0.717, 1.165) is 60.3 Å². The molecule has 0 unspecified atom stereocenters. The van der Waals surface area contributed by atoms with Gasteiger partial charge in [-0.2, -0.15) is 0 Å². The van der Waals surface area contributed by atoms with Gasteiger partial charge in [-0.15, -0.1) is 5.10 Å². The number of nitrogens with zero attached hydrogens (tertiary/aromatic N) is 9. The van der Waals surface area contributed by atoms with Crippen molar-refractivity contribution in [2.45, 2.75) is 6.92 Å². The Labute approximate surface area is 149 Å². The van der Waals surface area contributed by atoms with Gasteiger partial charge in [-0.05, 0) is 19.1 Å². The molecular weight excluding hydrogens is 330 g/mol. The van der Waals surface area contributed by atoms with Crippen LogP contribution in [0.4, 0.5) is 11.6 Å². The maximum atomic E-state index is 4.69. The van der Waals surface area contributed by atoms with Crippen LogP contribution in [-0.2, 0) is 7.05 Å². The predicted molar refractivity (Wildman–Crippen MR) is 98.5 cm³/mol. The molecule has 5 heterocycles. The first-order valence-electron chi connectivity index (χ1n) is 8.64. The molecule has 0 radical (unpaired) electrons. The average molecular weight is 349 g/mol. The molecule has 0 aliphatic carbocycles. The van der Waals surface area contributed by atoms with Gasteiger partial charge in [0.1, 0.15) is 12.1 Å². The van der Waals surface area contributed by atoms with Crippen molar-refractivity contribution in [3.8, 4) is 0 Å². The van der Waals surface area contributed by atoms with E-state index in [2.05, 4.69) is 29.7 Å². The third-order valence-electron chi connectivity index (χ3n) is 4.81. The number of anilines is 2. The molecule has 1 aliphatic heterocycles. The van der Waals surface area contributed by atoms with Crippen LogP contribution in [0, 0.1) is 6.92 Å². The Morgan fingerprint density at radius 3 is 2.62 bits per heavy atom. The highest BCUT2D eigenvalue weighted by Crippen LogP contribution is 2.23. The van der Waals surface area contributed by atoms with E-state index < -0.39 is 0 Å². The van der Waals surface area contributed by atoms with Crippen molar-refractivity contribution in [1.82, 2.24) is 34.1 Å². The molecule has 26 heavy (non-hydrogen) atoms. The molecular formula is C17H19N9. The number of fused-ring (bicyclic) bond motifs is 2. The summed E-state index contributed by atoms with van der Waals surface area (Å²) >= 11 is 0. The summed E-state index contributed by atoms with van der Waals surface area (Å²) < 4.78 is 3.77. The Bertz CT molecular complexity index is 1090. The van der Waals surface area contributed by atoms with E-state index >= 15 is 0 Å². The number of hydrogen-bond acceptors (Lipinski definition) is 7. The maximum absolute atomic E-state index is 4.69. The van der Waals surface area contributed by atoms with Crippen LogP contribution in [0.5, 0.6) is 0 Å². The van der Waals surface area contributed by atoms with Crippen LogP contribution in [0.3, 0.4) is 0 Å². The Balaban J connectivity index is 1.38. The SMILES string of the molecule is Cc1cn2nc(N3CCN(c4ncnc5c4ncn5C)CC3)ccc2n1. The molecule has 9 nitrogen and oxygen atoms in total. The lowest BCUT2D eigenvalue weighted by molar-refractivity contribution is 0.637. The highest BCUT2D eigenvalue weighted by molar-refractivity contribution is 5.83. The minimum absolute atomic E-state index is 0.858. The molecule has 1 aliphatic rings. The molecule has 1 saturated heterocycles. The Morgan fingerprint density at radius 1 is 0.962 bits per heavy atom. The van der Waals surface area contributed by atoms with Gasteiger partial charge in [0.2, 0.25) is 0 Å². The summed E-state index contributed by atoms with van der Waals surface area (Å²) in [6.45, 7) is 5.47. The van der Waals surface area contributed by atoms with Crippen LogP contribution in [0.25, 0.3) is 16.8 Å². The third kappa shape index (κ3) is 2.35. The molecule has 9 heteroatoms. The lowest BCUT2D eigenvalue weighted by Crippen LogP contribution is -2.47. The molecule has 4 aromatic heterocycles. The lowest BCUT2D eigenvalue weighted by atomic mass is 10.3. The first-order chi connectivity index (χ1) is 12.7. The summed E-state index contributed by atoms with van der Waals surface area (Å²) in [7, 11) is 1.95. The van der Waals surface area contributed by atoms with E-state index in [4.69, 9.17) is 5.10 Å². The molecule has 0 spiro atoms. The van der Waals surface area contributed by atoms with Crippen molar-refractivity contribution >= 4 is 28.4 Å². The summed E-state index contributed by atoms with van der Waals surface area (Å²) in [6.07, 6.45) is 5.35. The van der Waals surface area contributed by atoms with Gasteiger partial charge in [-0.3, -0.25) is 0 Å². The van der Waals surface area contributed by atoms with Crippen molar-refractivity contribution in [1.29, 1.82) is 0 Å². The fraction of sp³-hybridized carbons (Fsp3) is 0.353. The fourth-order valence-electron chi connectivity index (χ4n) is 3.47. The minimum atomic E-state index is 0.858. The monoisotopic (exact) mass is 349 g/mol. The number of aromatic nitrogens is 7. The highest BCUT2D eigenvalue weighted by atomic mass is 15.4. The largest absolute Gasteiger partial charge is 0.352 e. The van der Waals surface area contributed by atoms with Gasteiger partial charge >= 0.3 is 0 Å². The first-order valence-corrected chi connectivity index (χ1v) is 8.64. The topological polar surface area (TPSA) is 80.3 Å². The summed E-state index contributed by atoms with van der Waals surface area (Å²) in [5, 5.41) is 4.69. The van der Waals surface area contributed by atoms with Crippen molar-refractivity contribution in [3.05, 3.63) is 36.7 Å². The van der Waals surface area contributed by atoms with E-state index in [1.807, 2.05) is 41.4 Å². The molecule has 0 N–H and O–H groups in total. The van der Waals surface area contributed by atoms with Gasteiger partial charge in [-0.25, -0.2) is 24.5 Å². The van der Waals surface area contributed by atoms with Crippen molar-refractivity contribution in [2.75, 3.05) is 36.0 Å². The second-order valence-corrected chi connectivity index (χ2v) is 6.58. The summed E-state index contributed by atoms with van der Waals surface area (Å²) in [6, 6.07) is 4.06. The van der Waals surface area contributed by atoms with Crippen molar-refractivity contribution < 1.29 is 0 Å². The van der Waals surface area contributed by atoms with Crippen LogP contribution in [0.1, 0.15) is 5.69 Å². The van der Waals surface area contributed by atoms with Crippen LogP contribution < -0.4 is 9.80 Å². The molecule has 0 bridgehead atoms. The molecule has 5 rings (SSSR count). The van der Waals surface area contributed by atoms with Crippen LogP contribution in [0.2, 0.25) is 0 Å². The van der Waals surface area contributed by atoms with Gasteiger partial charge in [0.05, 0.1) is 18.2 Å². The van der Waals surface area contributed by atoms with Gasteiger partial charge in [-0.1, -0.05) is 0 Å². The van der Waals surface area contributed by atoms with Gasteiger partial charge in [0.25, 0.3) is 0 Å². The summed E-state index contributed by atoms with van der Waals surface area (Å²) in [4.78, 5) is 22.3. The first kappa shape index (κ1) is 15.1. The lowest BCUT2D eigenvalue weighted by Gasteiger charge is -2.35. The minimum Gasteiger partial charge on any atom is -0.352 e. The molecule has 0 aromatic carbocycles. The summed E-state index contributed by atoms with van der Waals surface area (Å²) in [5.41, 5.74) is 3.57. The van der Waals surface area contributed by atoms with Crippen LogP contribution in [0.15, 0.2) is 31.0 Å². The van der Waals surface area contributed by atoms with Gasteiger partial charge in [0, 0.05) is 33.2 Å². The van der Waals surface area contributed by atoms with E-state index in [1.54, 1.807) is 12.7 Å². The molecule has 132 valence electrons. The number of imidazole rings is 2.